The first-order chi connectivity index (χ1) is 7.61. The summed E-state index contributed by atoms with van der Waals surface area (Å²) in [5.41, 5.74) is 7.41. The Morgan fingerprint density at radius 2 is 1.81 bits per heavy atom. The van der Waals surface area contributed by atoms with E-state index in [2.05, 4.69) is 0 Å². The smallest absolute Gasteiger partial charge is 0.0624 e. The van der Waals surface area contributed by atoms with Crippen LogP contribution in [0.1, 0.15) is 37.7 Å². The molecule has 16 heavy (non-hydrogen) atoms. The minimum Gasteiger partial charge on any atom is -0.325 e. The third kappa shape index (κ3) is 2.71. The summed E-state index contributed by atoms with van der Waals surface area (Å²) in [7, 11) is 0. The van der Waals surface area contributed by atoms with Crippen LogP contribution in [-0.4, -0.2) is 5.54 Å². The first-order valence-corrected chi connectivity index (χ1v) is 6.58. The molecule has 1 aromatic rings. The minimum absolute atomic E-state index is 0.0768. The molecule has 1 aromatic carbocycles. The van der Waals surface area contributed by atoms with Crippen molar-refractivity contribution in [3.8, 4) is 0 Å². The van der Waals surface area contributed by atoms with E-state index in [1.807, 2.05) is 18.2 Å². The molecule has 0 atom stereocenters. The molecule has 1 saturated carbocycles. The van der Waals surface area contributed by atoms with E-state index < -0.39 is 0 Å². The third-order valence-corrected chi connectivity index (χ3v) is 4.28. The molecule has 1 nitrogen and oxygen atoms in total. The van der Waals surface area contributed by atoms with Crippen LogP contribution in [0.15, 0.2) is 18.2 Å². The van der Waals surface area contributed by atoms with Gasteiger partial charge in [-0.1, -0.05) is 54.6 Å². The van der Waals surface area contributed by atoms with Gasteiger partial charge in [0.2, 0.25) is 0 Å². The molecular formula is C13H17Cl2N. The molecule has 0 aromatic heterocycles. The zero-order valence-electron chi connectivity index (χ0n) is 9.31. The van der Waals surface area contributed by atoms with Gasteiger partial charge in [-0.3, -0.25) is 0 Å². The lowest BCUT2D eigenvalue weighted by Gasteiger charge is -2.33. The van der Waals surface area contributed by atoms with E-state index in [1.54, 1.807) is 0 Å². The Bertz CT molecular complexity index is 370. The third-order valence-electron chi connectivity index (χ3n) is 3.42. The van der Waals surface area contributed by atoms with Gasteiger partial charge in [0.05, 0.1) is 10.0 Å². The van der Waals surface area contributed by atoms with Crippen molar-refractivity contribution < 1.29 is 0 Å². The van der Waals surface area contributed by atoms with Gasteiger partial charge in [-0.2, -0.15) is 0 Å². The zero-order valence-corrected chi connectivity index (χ0v) is 10.8. The monoisotopic (exact) mass is 257 g/mol. The average molecular weight is 258 g/mol. The molecule has 0 bridgehead atoms. The topological polar surface area (TPSA) is 26.0 Å². The van der Waals surface area contributed by atoms with Crippen molar-refractivity contribution in [1.82, 2.24) is 0 Å². The maximum atomic E-state index is 6.41. The summed E-state index contributed by atoms with van der Waals surface area (Å²) < 4.78 is 0. The lowest BCUT2D eigenvalue weighted by Crippen LogP contribution is -2.43. The first kappa shape index (κ1) is 12.2. The van der Waals surface area contributed by atoms with Crippen molar-refractivity contribution in [1.29, 1.82) is 0 Å². The minimum atomic E-state index is -0.0768. The highest BCUT2D eigenvalue weighted by atomic mass is 35.5. The summed E-state index contributed by atoms with van der Waals surface area (Å²) in [6.45, 7) is 0. The highest BCUT2D eigenvalue weighted by Crippen LogP contribution is 2.33. The molecule has 0 amide bonds. The number of benzene rings is 1. The van der Waals surface area contributed by atoms with Crippen LogP contribution in [0.5, 0.6) is 0 Å². The highest BCUT2D eigenvalue weighted by Gasteiger charge is 2.28. The zero-order chi connectivity index (χ0) is 11.6. The van der Waals surface area contributed by atoms with Crippen molar-refractivity contribution in [3.63, 3.8) is 0 Å². The van der Waals surface area contributed by atoms with Crippen molar-refractivity contribution in [2.24, 2.45) is 5.73 Å². The van der Waals surface area contributed by atoms with Gasteiger partial charge >= 0.3 is 0 Å². The van der Waals surface area contributed by atoms with E-state index >= 15 is 0 Å². The summed E-state index contributed by atoms with van der Waals surface area (Å²) in [6.07, 6.45) is 6.80. The van der Waals surface area contributed by atoms with Gasteiger partial charge in [0.25, 0.3) is 0 Å². The van der Waals surface area contributed by atoms with E-state index in [1.165, 1.54) is 19.3 Å². The SMILES string of the molecule is NC1(Cc2cccc(Cl)c2Cl)CCCCC1. The number of nitrogens with two attached hydrogens (primary N) is 1. The fourth-order valence-corrected chi connectivity index (χ4v) is 2.88. The summed E-state index contributed by atoms with van der Waals surface area (Å²) in [5, 5.41) is 1.29. The van der Waals surface area contributed by atoms with Gasteiger partial charge in [-0.05, 0) is 30.9 Å². The molecule has 1 aliphatic carbocycles. The Morgan fingerprint density at radius 3 is 2.50 bits per heavy atom. The quantitative estimate of drug-likeness (QED) is 0.845. The maximum Gasteiger partial charge on any atom is 0.0624 e. The average Bonchev–Trinajstić information content (AvgIpc) is 2.26. The molecule has 1 fully saturated rings. The van der Waals surface area contributed by atoms with E-state index in [9.17, 15) is 0 Å². The molecule has 2 N–H and O–H groups in total. The number of halogens is 2. The molecular weight excluding hydrogens is 241 g/mol. The standard InChI is InChI=1S/C13H17Cl2N/c14-11-6-4-5-10(12(11)15)9-13(16)7-2-1-3-8-13/h4-6H,1-3,7-9,16H2. The number of rotatable bonds is 2. The number of hydrogen-bond acceptors (Lipinski definition) is 1. The molecule has 0 heterocycles. The summed E-state index contributed by atoms with van der Waals surface area (Å²) in [4.78, 5) is 0. The molecule has 0 saturated heterocycles. The molecule has 0 aliphatic heterocycles. The van der Waals surface area contributed by atoms with Crippen LogP contribution in [0.3, 0.4) is 0 Å². The Balaban J connectivity index is 2.16. The molecule has 0 unspecified atom stereocenters. The second kappa shape index (κ2) is 4.95. The molecule has 2 rings (SSSR count). The Kier molecular flexibility index (Phi) is 3.78. The summed E-state index contributed by atoms with van der Waals surface area (Å²) in [5.74, 6) is 0. The highest BCUT2D eigenvalue weighted by molar-refractivity contribution is 6.42. The molecule has 88 valence electrons. The molecule has 1 aliphatic rings. The molecule has 0 radical (unpaired) electrons. The van der Waals surface area contributed by atoms with Gasteiger partial charge in [0.15, 0.2) is 0 Å². The van der Waals surface area contributed by atoms with Crippen molar-refractivity contribution in [2.75, 3.05) is 0 Å². The van der Waals surface area contributed by atoms with Crippen LogP contribution in [0.25, 0.3) is 0 Å². The first-order valence-electron chi connectivity index (χ1n) is 5.82. The van der Waals surface area contributed by atoms with Crippen LogP contribution in [-0.2, 0) is 6.42 Å². The van der Waals surface area contributed by atoms with Crippen LogP contribution in [0, 0.1) is 0 Å². The van der Waals surface area contributed by atoms with Gasteiger partial charge in [-0.25, -0.2) is 0 Å². The molecule has 3 heteroatoms. The molecule has 0 spiro atoms. The lowest BCUT2D eigenvalue weighted by molar-refractivity contribution is 0.294. The predicted molar refractivity (Wildman–Crippen MR) is 70.2 cm³/mol. The Labute approximate surface area is 107 Å². The predicted octanol–water partition coefficient (Wildman–Crippen LogP) is 4.20. The Hall–Kier alpha value is -0.240. The maximum absolute atomic E-state index is 6.41. The van der Waals surface area contributed by atoms with Crippen LogP contribution < -0.4 is 5.73 Å². The van der Waals surface area contributed by atoms with Gasteiger partial charge in [0, 0.05) is 5.54 Å². The summed E-state index contributed by atoms with van der Waals surface area (Å²) >= 11 is 12.2. The van der Waals surface area contributed by atoms with Gasteiger partial charge in [0.1, 0.15) is 0 Å². The van der Waals surface area contributed by atoms with Crippen molar-refractivity contribution >= 4 is 23.2 Å². The summed E-state index contributed by atoms with van der Waals surface area (Å²) in [6, 6.07) is 5.78. The Morgan fingerprint density at radius 1 is 1.12 bits per heavy atom. The van der Waals surface area contributed by atoms with Crippen LogP contribution >= 0.6 is 23.2 Å². The van der Waals surface area contributed by atoms with E-state index in [0.29, 0.717) is 10.0 Å². The normalized spacial score (nSPS) is 19.7. The lowest BCUT2D eigenvalue weighted by atomic mass is 9.78. The largest absolute Gasteiger partial charge is 0.325 e. The van der Waals surface area contributed by atoms with E-state index in [4.69, 9.17) is 28.9 Å². The number of hydrogen-bond donors (Lipinski definition) is 1. The van der Waals surface area contributed by atoms with E-state index in [-0.39, 0.29) is 5.54 Å². The van der Waals surface area contributed by atoms with Crippen LogP contribution in [0.4, 0.5) is 0 Å². The van der Waals surface area contributed by atoms with Gasteiger partial charge < -0.3 is 5.73 Å². The second-order valence-electron chi connectivity index (χ2n) is 4.81. The second-order valence-corrected chi connectivity index (χ2v) is 5.60. The van der Waals surface area contributed by atoms with Crippen molar-refractivity contribution in [2.45, 2.75) is 44.1 Å². The van der Waals surface area contributed by atoms with Crippen LogP contribution in [0.2, 0.25) is 10.0 Å². The van der Waals surface area contributed by atoms with E-state index in [0.717, 1.165) is 24.8 Å². The fourth-order valence-electron chi connectivity index (χ4n) is 2.50. The van der Waals surface area contributed by atoms with Gasteiger partial charge in [-0.15, -0.1) is 0 Å². The van der Waals surface area contributed by atoms with Crippen molar-refractivity contribution in [3.05, 3.63) is 33.8 Å². The fraction of sp³-hybridized carbons (Fsp3) is 0.538.